The smallest absolute Gasteiger partial charge is 0.325 e. The lowest BCUT2D eigenvalue weighted by Gasteiger charge is -2.44. The molecule has 2 saturated heterocycles. The van der Waals surface area contributed by atoms with Crippen LogP contribution in [0, 0.1) is 0 Å². The SMILES string of the molecule is CCN1C(=O)N2Cc3cc(OC)cc(OC)c3[C@@H](C)C=C2C12CCN(Cc1ccc3[nH]ccc3c1)CC2. The van der Waals surface area contributed by atoms with Crippen LogP contribution in [0.2, 0.25) is 0 Å². The maximum atomic E-state index is 13.8. The molecule has 2 aromatic carbocycles. The summed E-state index contributed by atoms with van der Waals surface area (Å²) >= 11 is 0. The lowest BCUT2D eigenvalue weighted by molar-refractivity contribution is 0.0888. The molecule has 3 aliphatic heterocycles. The maximum absolute atomic E-state index is 13.8. The molecular formula is C30H36N4O3. The van der Waals surface area contributed by atoms with Crippen LogP contribution in [0.1, 0.15) is 49.3 Å². The van der Waals surface area contributed by atoms with Gasteiger partial charge in [-0.15, -0.1) is 0 Å². The Morgan fingerprint density at radius 2 is 1.89 bits per heavy atom. The summed E-state index contributed by atoms with van der Waals surface area (Å²) in [6, 6.07) is 12.9. The predicted octanol–water partition coefficient (Wildman–Crippen LogP) is 5.48. The summed E-state index contributed by atoms with van der Waals surface area (Å²) < 4.78 is 11.3. The van der Waals surface area contributed by atoms with Gasteiger partial charge in [-0.05, 0) is 60.5 Å². The van der Waals surface area contributed by atoms with Crippen molar-refractivity contribution in [2.75, 3.05) is 33.9 Å². The number of likely N-dealkylation sites (N-methyl/N-ethyl adjacent to an activating group) is 1. The van der Waals surface area contributed by atoms with Gasteiger partial charge in [0.25, 0.3) is 0 Å². The molecule has 2 fully saturated rings. The van der Waals surface area contributed by atoms with Crippen molar-refractivity contribution in [3.05, 3.63) is 71.1 Å². The van der Waals surface area contributed by atoms with E-state index in [0.717, 1.165) is 60.8 Å². The first kappa shape index (κ1) is 23.9. The first-order valence-corrected chi connectivity index (χ1v) is 13.3. The van der Waals surface area contributed by atoms with E-state index in [9.17, 15) is 4.79 Å². The number of hydrogen-bond donors (Lipinski definition) is 1. The number of fused-ring (bicyclic) bond motifs is 4. The zero-order valence-corrected chi connectivity index (χ0v) is 22.2. The van der Waals surface area contributed by atoms with Crippen molar-refractivity contribution in [3.8, 4) is 11.5 Å². The van der Waals surface area contributed by atoms with Crippen molar-refractivity contribution in [1.82, 2.24) is 19.7 Å². The standard InChI is InChI=1S/C30H36N4O3/c1-5-34-29(35)33-19-23-16-24(36-3)17-26(37-4)28(23)20(2)14-27(33)30(34)9-12-32(13-10-30)18-21-6-7-25-22(15-21)8-11-31-25/h6-8,11,14-17,20,31H,5,9-10,12-13,18-19H2,1-4H3/t20-/m0/s1. The molecule has 4 heterocycles. The molecule has 37 heavy (non-hydrogen) atoms. The average Bonchev–Trinajstić information content (AvgIpc) is 3.41. The second-order valence-corrected chi connectivity index (χ2v) is 10.6. The molecule has 0 bridgehead atoms. The van der Waals surface area contributed by atoms with Gasteiger partial charge in [0.15, 0.2) is 0 Å². The van der Waals surface area contributed by atoms with Crippen molar-refractivity contribution < 1.29 is 14.3 Å². The normalized spacial score (nSPS) is 21.1. The van der Waals surface area contributed by atoms with Crippen LogP contribution in [0.5, 0.6) is 11.5 Å². The predicted molar refractivity (Wildman–Crippen MR) is 145 cm³/mol. The Hall–Kier alpha value is -3.45. The van der Waals surface area contributed by atoms with E-state index in [0.29, 0.717) is 13.1 Å². The van der Waals surface area contributed by atoms with Crippen LogP contribution in [0.25, 0.3) is 10.9 Å². The third-order valence-electron chi connectivity index (χ3n) is 8.62. The Kier molecular flexibility index (Phi) is 5.91. The number of allylic oxidation sites excluding steroid dienone is 1. The van der Waals surface area contributed by atoms with Crippen LogP contribution in [-0.4, -0.2) is 65.1 Å². The van der Waals surface area contributed by atoms with Gasteiger partial charge in [0.05, 0.1) is 26.3 Å². The van der Waals surface area contributed by atoms with Gasteiger partial charge in [-0.3, -0.25) is 9.80 Å². The molecule has 3 aliphatic rings. The monoisotopic (exact) mass is 500 g/mol. The van der Waals surface area contributed by atoms with E-state index in [1.165, 1.54) is 16.5 Å². The van der Waals surface area contributed by atoms with Crippen LogP contribution in [0.3, 0.4) is 0 Å². The fourth-order valence-electron chi connectivity index (χ4n) is 6.80. The van der Waals surface area contributed by atoms with Crippen molar-refractivity contribution in [1.29, 1.82) is 0 Å². The highest BCUT2D eigenvalue weighted by Gasteiger charge is 2.54. The van der Waals surface area contributed by atoms with E-state index >= 15 is 0 Å². The minimum Gasteiger partial charge on any atom is -0.497 e. The molecule has 6 rings (SSSR count). The van der Waals surface area contributed by atoms with E-state index in [1.54, 1.807) is 14.2 Å². The Morgan fingerprint density at radius 3 is 2.62 bits per heavy atom. The molecule has 194 valence electrons. The molecule has 0 unspecified atom stereocenters. The van der Waals surface area contributed by atoms with Crippen LogP contribution in [0.15, 0.2) is 54.4 Å². The third kappa shape index (κ3) is 3.79. The maximum Gasteiger partial charge on any atom is 0.325 e. The van der Waals surface area contributed by atoms with Crippen molar-refractivity contribution in [3.63, 3.8) is 0 Å². The summed E-state index contributed by atoms with van der Waals surface area (Å²) in [4.78, 5) is 23.8. The summed E-state index contributed by atoms with van der Waals surface area (Å²) in [5.41, 5.74) is 5.65. The number of hydrogen-bond acceptors (Lipinski definition) is 4. The molecule has 1 aromatic heterocycles. The number of carbonyl (C=O) groups excluding carboxylic acids is 1. The number of amides is 2. The molecule has 0 saturated carbocycles. The summed E-state index contributed by atoms with van der Waals surface area (Å²) in [6.45, 7) is 8.41. The second-order valence-electron chi connectivity index (χ2n) is 10.6. The van der Waals surface area contributed by atoms with Crippen LogP contribution in [0.4, 0.5) is 4.79 Å². The summed E-state index contributed by atoms with van der Waals surface area (Å²) in [7, 11) is 3.37. The van der Waals surface area contributed by atoms with Gasteiger partial charge < -0.3 is 19.4 Å². The number of nitrogens with one attached hydrogen (secondary N) is 1. The molecule has 0 aliphatic carbocycles. The molecule has 7 nitrogen and oxygen atoms in total. The van der Waals surface area contributed by atoms with Crippen LogP contribution >= 0.6 is 0 Å². The van der Waals surface area contributed by atoms with E-state index in [2.05, 4.69) is 65.0 Å². The average molecular weight is 501 g/mol. The van der Waals surface area contributed by atoms with Crippen LogP contribution in [-0.2, 0) is 13.1 Å². The minimum absolute atomic E-state index is 0.113. The molecule has 0 radical (unpaired) electrons. The second kappa shape index (κ2) is 9.14. The fourth-order valence-corrected chi connectivity index (χ4v) is 6.80. The molecule has 7 heteroatoms. The molecule has 1 spiro atoms. The third-order valence-corrected chi connectivity index (χ3v) is 8.62. The number of benzene rings is 2. The summed E-state index contributed by atoms with van der Waals surface area (Å²) in [5, 5.41) is 1.25. The van der Waals surface area contributed by atoms with E-state index in [4.69, 9.17) is 9.47 Å². The Morgan fingerprint density at radius 1 is 1.08 bits per heavy atom. The Bertz CT molecular complexity index is 1370. The largest absolute Gasteiger partial charge is 0.497 e. The zero-order chi connectivity index (χ0) is 25.7. The zero-order valence-electron chi connectivity index (χ0n) is 22.2. The van der Waals surface area contributed by atoms with Gasteiger partial charge in [0.1, 0.15) is 11.5 Å². The molecular weight excluding hydrogens is 464 g/mol. The van der Waals surface area contributed by atoms with Gasteiger partial charge in [-0.1, -0.05) is 19.1 Å². The quantitative estimate of drug-likeness (QED) is 0.504. The number of H-pyrrole nitrogens is 1. The fraction of sp³-hybridized carbons (Fsp3) is 0.433. The highest BCUT2D eigenvalue weighted by molar-refractivity contribution is 5.83. The van der Waals surface area contributed by atoms with E-state index in [-0.39, 0.29) is 17.5 Å². The number of piperidine rings is 1. The number of aromatic amines is 1. The van der Waals surface area contributed by atoms with Gasteiger partial charge >= 0.3 is 6.03 Å². The van der Waals surface area contributed by atoms with Gasteiger partial charge in [0, 0.05) is 61.1 Å². The first-order valence-electron chi connectivity index (χ1n) is 13.3. The van der Waals surface area contributed by atoms with Crippen molar-refractivity contribution in [2.45, 2.75) is 51.2 Å². The number of aromatic nitrogens is 1. The summed E-state index contributed by atoms with van der Waals surface area (Å²) in [6.07, 6.45) is 6.19. The number of rotatable bonds is 5. The molecule has 2 amide bonds. The van der Waals surface area contributed by atoms with E-state index < -0.39 is 0 Å². The summed E-state index contributed by atoms with van der Waals surface area (Å²) in [5.74, 6) is 1.71. The topological polar surface area (TPSA) is 61.0 Å². The number of methoxy groups -OCH3 is 2. The number of carbonyl (C=O) groups is 1. The molecule has 1 atom stereocenters. The number of ether oxygens (including phenoxy) is 2. The van der Waals surface area contributed by atoms with Crippen LogP contribution < -0.4 is 9.47 Å². The molecule has 1 N–H and O–H groups in total. The number of urea groups is 1. The lowest BCUT2D eigenvalue weighted by atomic mass is 9.82. The van der Waals surface area contributed by atoms with Crippen molar-refractivity contribution >= 4 is 16.9 Å². The van der Waals surface area contributed by atoms with Gasteiger partial charge in [-0.25, -0.2) is 4.79 Å². The van der Waals surface area contributed by atoms with E-state index in [1.807, 2.05) is 17.2 Å². The highest BCUT2D eigenvalue weighted by Crippen LogP contribution is 2.49. The Labute approximate surface area is 218 Å². The number of likely N-dealkylation sites (tertiary alicyclic amines) is 1. The number of nitrogens with zero attached hydrogens (tertiary/aromatic N) is 3. The highest BCUT2D eigenvalue weighted by atomic mass is 16.5. The van der Waals surface area contributed by atoms with Gasteiger partial charge in [0.2, 0.25) is 0 Å². The minimum atomic E-state index is -0.263. The van der Waals surface area contributed by atoms with Gasteiger partial charge in [-0.2, -0.15) is 0 Å². The van der Waals surface area contributed by atoms with Crippen molar-refractivity contribution in [2.24, 2.45) is 0 Å². The Balaban J connectivity index is 1.29. The molecule has 3 aromatic rings. The first-order chi connectivity index (χ1) is 18.0. The lowest BCUT2D eigenvalue weighted by Crippen LogP contribution is -2.53.